The number of hydrogen-bond acceptors (Lipinski definition) is 2. The molecule has 1 aromatic carbocycles. The Bertz CT molecular complexity index is 399. The quantitative estimate of drug-likeness (QED) is 0.857. The monoisotopic (exact) mass is 251 g/mol. The van der Waals surface area contributed by atoms with Gasteiger partial charge in [-0.3, -0.25) is 0 Å². The Morgan fingerprint density at radius 2 is 2.00 bits per heavy atom. The third-order valence-electron chi connectivity index (χ3n) is 4.00. The van der Waals surface area contributed by atoms with Crippen LogP contribution in [0.2, 0.25) is 0 Å². The minimum Gasteiger partial charge on any atom is -0.505 e. The molecule has 0 spiro atoms. The highest BCUT2D eigenvalue weighted by molar-refractivity contribution is 5.33. The number of hydrogen-bond donors (Lipinski definition) is 2. The van der Waals surface area contributed by atoms with Gasteiger partial charge < -0.3 is 10.4 Å². The molecule has 0 bridgehead atoms. The first kappa shape index (κ1) is 13.3. The fraction of sp³-hybridized carbons (Fsp3) is 0.600. The van der Waals surface area contributed by atoms with Crippen LogP contribution in [-0.4, -0.2) is 11.7 Å². The summed E-state index contributed by atoms with van der Waals surface area (Å²) in [5.41, 5.74) is 0.996. The molecule has 1 aromatic rings. The summed E-state index contributed by atoms with van der Waals surface area (Å²) in [6.07, 6.45) is 6.48. The molecule has 2 rings (SSSR count). The number of benzene rings is 1. The molecule has 1 aliphatic rings. The lowest BCUT2D eigenvalue weighted by Gasteiger charge is -2.33. The standard InChI is InChI=1S/C15H22FNO/c1-15(8-3-2-4-9-15)11-17-10-12-6-5-7-13(16)14(12)18/h5-7,17-18H,2-4,8-11H2,1H3. The van der Waals surface area contributed by atoms with E-state index in [1.165, 1.54) is 38.2 Å². The minimum absolute atomic E-state index is 0.223. The molecule has 0 unspecified atom stereocenters. The van der Waals surface area contributed by atoms with Gasteiger partial charge in [0.15, 0.2) is 11.6 Å². The van der Waals surface area contributed by atoms with Gasteiger partial charge in [0.05, 0.1) is 0 Å². The van der Waals surface area contributed by atoms with Crippen LogP contribution in [-0.2, 0) is 6.54 Å². The van der Waals surface area contributed by atoms with Crippen molar-refractivity contribution in [1.29, 1.82) is 0 Å². The van der Waals surface area contributed by atoms with E-state index in [9.17, 15) is 9.50 Å². The van der Waals surface area contributed by atoms with Crippen LogP contribution in [0.5, 0.6) is 5.75 Å². The summed E-state index contributed by atoms with van der Waals surface area (Å²) < 4.78 is 13.2. The van der Waals surface area contributed by atoms with Crippen molar-refractivity contribution in [3.8, 4) is 5.75 Å². The Morgan fingerprint density at radius 1 is 1.28 bits per heavy atom. The summed E-state index contributed by atoms with van der Waals surface area (Å²) in [4.78, 5) is 0. The summed E-state index contributed by atoms with van der Waals surface area (Å²) in [5.74, 6) is -0.767. The zero-order valence-corrected chi connectivity index (χ0v) is 11.0. The van der Waals surface area contributed by atoms with E-state index in [0.29, 0.717) is 17.5 Å². The maximum Gasteiger partial charge on any atom is 0.165 e. The fourth-order valence-electron chi connectivity index (χ4n) is 2.78. The van der Waals surface area contributed by atoms with E-state index in [0.717, 1.165) is 6.54 Å². The Kier molecular flexibility index (Phi) is 4.23. The van der Waals surface area contributed by atoms with Crippen molar-refractivity contribution in [2.45, 2.75) is 45.6 Å². The molecule has 0 atom stereocenters. The molecule has 1 fully saturated rings. The van der Waals surface area contributed by atoms with Gasteiger partial charge in [0.25, 0.3) is 0 Å². The Morgan fingerprint density at radius 3 is 2.72 bits per heavy atom. The van der Waals surface area contributed by atoms with Gasteiger partial charge in [-0.1, -0.05) is 38.3 Å². The molecule has 3 heteroatoms. The summed E-state index contributed by atoms with van der Waals surface area (Å²) >= 11 is 0. The van der Waals surface area contributed by atoms with E-state index in [2.05, 4.69) is 12.2 Å². The molecule has 0 aliphatic heterocycles. The van der Waals surface area contributed by atoms with Gasteiger partial charge in [-0.15, -0.1) is 0 Å². The second-order valence-electron chi connectivity index (χ2n) is 5.72. The van der Waals surface area contributed by atoms with Gasteiger partial charge in [0, 0.05) is 18.7 Å². The average molecular weight is 251 g/mol. The number of para-hydroxylation sites is 1. The molecule has 2 nitrogen and oxygen atoms in total. The molecule has 0 saturated heterocycles. The first-order valence-electron chi connectivity index (χ1n) is 6.78. The van der Waals surface area contributed by atoms with E-state index in [1.54, 1.807) is 12.1 Å². The highest BCUT2D eigenvalue weighted by Crippen LogP contribution is 2.35. The van der Waals surface area contributed by atoms with Crippen LogP contribution in [0.15, 0.2) is 18.2 Å². The van der Waals surface area contributed by atoms with E-state index in [1.807, 2.05) is 0 Å². The second kappa shape index (κ2) is 5.70. The van der Waals surface area contributed by atoms with Gasteiger partial charge in [-0.2, -0.15) is 0 Å². The van der Waals surface area contributed by atoms with Crippen LogP contribution >= 0.6 is 0 Å². The van der Waals surface area contributed by atoms with E-state index >= 15 is 0 Å². The normalized spacial score (nSPS) is 18.8. The molecule has 0 heterocycles. The number of aromatic hydroxyl groups is 1. The molecular weight excluding hydrogens is 229 g/mol. The first-order chi connectivity index (χ1) is 8.61. The zero-order chi connectivity index (χ0) is 13.0. The summed E-state index contributed by atoms with van der Waals surface area (Å²) in [7, 11) is 0. The average Bonchev–Trinajstić information content (AvgIpc) is 2.35. The number of rotatable bonds is 4. The van der Waals surface area contributed by atoms with Gasteiger partial charge >= 0.3 is 0 Å². The Labute approximate surface area is 108 Å². The molecule has 0 aromatic heterocycles. The van der Waals surface area contributed by atoms with Crippen molar-refractivity contribution in [3.05, 3.63) is 29.6 Å². The first-order valence-corrected chi connectivity index (χ1v) is 6.78. The highest BCUT2D eigenvalue weighted by atomic mass is 19.1. The maximum absolute atomic E-state index is 13.2. The fourth-order valence-corrected chi connectivity index (χ4v) is 2.78. The predicted octanol–water partition coefficient (Wildman–Crippen LogP) is 3.59. The molecular formula is C15H22FNO. The molecule has 0 radical (unpaired) electrons. The van der Waals surface area contributed by atoms with E-state index in [-0.39, 0.29) is 5.75 Å². The van der Waals surface area contributed by atoms with Gasteiger partial charge in [0.2, 0.25) is 0 Å². The van der Waals surface area contributed by atoms with E-state index in [4.69, 9.17) is 0 Å². The van der Waals surface area contributed by atoms with Crippen molar-refractivity contribution < 1.29 is 9.50 Å². The molecule has 1 aliphatic carbocycles. The molecule has 2 N–H and O–H groups in total. The highest BCUT2D eigenvalue weighted by Gasteiger charge is 2.26. The smallest absolute Gasteiger partial charge is 0.165 e. The number of nitrogens with one attached hydrogen (secondary N) is 1. The van der Waals surface area contributed by atoms with Gasteiger partial charge in [-0.25, -0.2) is 4.39 Å². The van der Waals surface area contributed by atoms with Crippen molar-refractivity contribution >= 4 is 0 Å². The molecule has 18 heavy (non-hydrogen) atoms. The minimum atomic E-state index is -0.543. The third-order valence-corrected chi connectivity index (χ3v) is 4.00. The number of phenols is 1. The van der Waals surface area contributed by atoms with Crippen LogP contribution in [0.25, 0.3) is 0 Å². The Balaban J connectivity index is 1.86. The zero-order valence-electron chi connectivity index (χ0n) is 11.0. The SMILES string of the molecule is CC1(CNCc2cccc(F)c2O)CCCCC1. The molecule has 0 amide bonds. The second-order valence-corrected chi connectivity index (χ2v) is 5.72. The molecule has 1 saturated carbocycles. The van der Waals surface area contributed by atoms with Crippen LogP contribution < -0.4 is 5.32 Å². The Hall–Kier alpha value is -1.09. The van der Waals surface area contributed by atoms with Crippen molar-refractivity contribution in [3.63, 3.8) is 0 Å². The largest absolute Gasteiger partial charge is 0.505 e. The lowest BCUT2D eigenvalue weighted by Crippen LogP contribution is -2.33. The summed E-state index contributed by atoms with van der Waals surface area (Å²) in [6, 6.07) is 4.67. The predicted molar refractivity (Wildman–Crippen MR) is 71.0 cm³/mol. The van der Waals surface area contributed by atoms with Crippen LogP contribution in [0, 0.1) is 11.2 Å². The number of halogens is 1. The van der Waals surface area contributed by atoms with Crippen molar-refractivity contribution in [2.24, 2.45) is 5.41 Å². The van der Waals surface area contributed by atoms with Crippen LogP contribution in [0.3, 0.4) is 0 Å². The molecule has 100 valence electrons. The topological polar surface area (TPSA) is 32.3 Å². The third kappa shape index (κ3) is 3.22. The lowest BCUT2D eigenvalue weighted by atomic mass is 9.76. The summed E-state index contributed by atoms with van der Waals surface area (Å²) in [6.45, 7) is 3.77. The van der Waals surface area contributed by atoms with Gasteiger partial charge in [-0.05, 0) is 24.3 Å². The summed E-state index contributed by atoms with van der Waals surface area (Å²) in [5, 5.41) is 12.9. The lowest BCUT2D eigenvalue weighted by molar-refractivity contribution is 0.207. The van der Waals surface area contributed by atoms with Crippen molar-refractivity contribution in [1.82, 2.24) is 5.32 Å². The van der Waals surface area contributed by atoms with Crippen molar-refractivity contribution in [2.75, 3.05) is 6.54 Å². The van der Waals surface area contributed by atoms with E-state index < -0.39 is 5.82 Å². The maximum atomic E-state index is 13.2. The van der Waals surface area contributed by atoms with Crippen LogP contribution in [0.4, 0.5) is 4.39 Å². The van der Waals surface area contributed by atoms with Crippen LogP contribution in [0.1, 0.15) is 44.6 Å². The van der Waals surface area contributed by atoms with Gasteiger partial charge in [0.1, 0.15) is 0 Å². The number of phenolic OH excluding ortho intramolecular Hbond substituents is 1.